The van der Waals surface area contributed by atoms with E-state index >= 15 is 0 Å². The van der Waals surface area contributed by atoms with Crippen LogP contribution < -0.4 is 14.5 Å². The third-order valence-corrected chi connectivity index (χ3v) is 12.8. The Bertz CT molecular complexity index is 3440. The molecule has 0 bridgehead atoms. The minimum Gasteiger partial charge on any atom is -0.509 e. The van der Waals surface area contributed by atoms with Crippen molar-refractivity contribution in [1.82, 2.24) is 14.1 Å². The van der Waals surface area contributed by atoms with E-state index in [1.807, 2.05) is 24.4 Å². The molecule has 7 aromatic carbocycles. The maximum atomic E-state index is 6.73. The zero-order valence-corrected chi connectivity index (χ0v) is 40.2. The molecule has 6 nitrogen and oxygen atoms in total. The largest absolute Gasteiger partial charge is 0.509 e. The molecule has 1 aliphatic rings. The van der Waals surface area contributed by atoms with Gasteiger partial charge in [-0.3, -0.25) is 0 Å². The molecule has 0 aliphatic carbocycles. The molecule has 4 heterocycles. The third-order valence-electron chi connectivity index (χ3n) is 12.8. The van der Waals surface area contributed by atoms with Gasteiger partial charge in [0, 0.05) is 77.8 Å². The average Bonchev–Trinajstić information content (AvgIpc) is 3.92. The summed E-state index contributed by atoms with van der Waals surface area (Å²) in [6.45, 7) is 20.1. The van der Waals surface area contributed by atoms with E-state index in [0.29, 0.717) is 11.5 Å². The molecule has 0 radical (unpaired) electrons. The maximum Gasteiger partial charge on any atom is 0.135 e. The Morgan fingerprint density at radius 1 is 0.523 bits per heavy atom. The molecular formula is C58H50N5OPt-3. The van der Waals surface area contributed by atoms with Crippen LogP contribution in [0.25, 0.3) is 55.1 Å². The first-order chi connectivity index (χ1) is 30.8. The van der Waals surface area contributed by atoms with Gasteiger partial charge in [-0.05, 0) is 107 Å². The second-order valence-corrected chi connectivity index (χ2v) is 19.2. The van der Waals surface area contributed by atoms with Crippen molar-refractivity contribution >= 4 is 66.4 Å². The van der Waals surface area contributed by atoms with Crippen molar-refractivity contribution < 1.29 is 25.8 Å². The maximum absolute atomic E-state index is 6.73. The molecular weight excluding hydrogens is 978 g/mol. The van der Waals surface area contributed by atoms with Gasteiger partial charge >= 0.3 is 0 Å². The molecule has 3 aromatic heterocycles. The quantitative estimate of drug-likeness (QED) is 0.156. The second-order valence-electron chi connectivity index (χ2n) is 19.2. The number of aryl methyl sites for hydroxylation is 2. The predicted molar refractivity (Wildman–Crippen MR) is 265 cm³/mol. The summed E-state index contributed by atoms with van der Waals surface area (Å²) in [4.78, 5) is 9.52. The first kappa shape index (κ1) is 42.3. The SMILES string of the molecule is Cc1cc(C(C)(C)C)cc(C)c1N1[CH-]N(c2[c-]c(Oc3[c-]c4c(cc3)c3cc5c(cc3n4-c3cc(C(C)(C)C)ccn3)c3ccccc3n5-c3ccccc3)ccc2)c2ccccc21.[Pt]. The van der Waals surface area contributed by atoms with Crippen LogP contribution in [-0.4, -0.2) is 14.1 Å². The fourth-order valence-electron chi connectivity index (χ4n) is 9.55. The molecule has 0 fully saturated rings. The third kappa shape index (κ3) is 7.20. The summed E-state index contributed by atoms with van der Waals surface area (Å²) in [5, 5.41) is 4.56. The van der Waals surface area contributed by atoms with Gasteiger partial charge in [0.25, 0.3) is 0 Å². The number of hydrogen-bond acceptors (Lipinski definition) is 4. The fourth-order valence-corrected chi connectivity index (χ4v) is 9.55. The number of pyridine rings is 1. The molecule has 0 amide bonds. The fraction of sp³-hybridized carbons (Fsp3) is 0.172. The van der Waals surface area contributed by atoms with Gasteiger partial charge in [0.2, 0.25) is 0 Å². The van der Waals surface area contributed by atoms with Crippen molar-refractivity contribution in [3.63, 3.8) is 0 Å². The number of para-hydroxylation sites is 4. The van der Waals surface area contributed by atoms with Crippen LogP contribution in [0.3, 0.4) is 0 Å². The Labute approximate surface area is 396 Å². The van der Waals surface area contributed by atoms with Gasteiger partial charge < -0.3 is 23.7 Å². The van der Waals surface area contributed by atoms with Crippen LogP contribution in [0.4, 0.5) is 22.7 Å². The van der Waals surface area contributed by atoms with Gasteiger partial charge in [-0.1, -0.05) is 108 Å². The van der Waals surface area contributed by atoms with Crippen molar-refractivity contribution in [1.29, 1.82) is 0 Å². The molecule has 0 atom stereocenters. The summed E-state index contributed by atoms with van der Waals surface area (Å²) >= 11 is 0. The topological polar surface area (TPSA) is 38.5 Å². The van der Waals surface area contributed by atoms with Crippen molar-refractivity contribution in [3.05, 3.63) is 193 Å². The molecule has 0 saturated carbocycles. The number of nitrogens with zero attached hydrogens (tertiary/aromatic N) is 5. The first-order valence-electron chi connectivity index (χ1n) is 22.1. The van der Waals surface area contributed by atoms with E-state index in [-0.39, 0.29) is 31.9 Å². The van der Waals surface area contributed by atoms with Gasteiger partial charge in [0.1, 0.15) is 5.82 Å². The molecule has 0 saturated heterocycles. The molecule has 7 heteroatoms. The number of fused-ring (bicyclic) bond motifs is 7. The molecule has 0 unspecified atom stereocenters. The van der Waals surface area contributed by atoms with E-state index in [2.05, 4.69) is 221 Å². The van der Waals surface area contributed by atoms with Crippen LogP contribution in [0.2, 0.25) is 0 Å². The minimum atomic E-state index is -0.0650. The summed E-state index contributed by atoms with van der Waals surface area (Å²) in [6, 6.07) is 59.1. The molecule has 1 aliphatic heterocycles. The first-order valence-corrected chi connectivity index (χ1v) is 22.1. The number of hydrogen-bond donors (Lipinski definition) is 0. The van der Waals surface area contributed by atoms with Gasteiger partial charge in [-0.2, -0.15) is 12.1 Å². The van der Waals surface area contributed by atoms with Crippen LogP contribution in [0.5, 0.6) is 11.5 Å². The monoisotopic (exact) mass is 1030 g/mol. The molecule has 10 aromatic rings. The van der Waals surface area contributed by atoms with Crippen molar-refractivity contribution in [2.24, 2.45) is 0 Å². The van der Waals surface area contributed by atoms with Crippen molar-refractivity contribution in [2.75, 3.05) is 9.80 Å². The number of aromatic nitrogens is 3. The number of benzene rings is 7. The Balaban J connectivity index is 0.00000498. The van der Waals surface area contributed by atoms with Crippen LogP contribution in [-0.2, 0) is 31.9 Å². The van der Waals surface area contributed by atoms with Gasteiger partial charge in [-0.15, -0.1) is 48.1 Å². The number of rotatable bonds is 6. The van der Waals surface area contributed by atoms with Gasteiger partial charge in [0.05, 0.1) is 11.0 Å². The Kier molecular flexibility index (Phi) is 10.3. The van der Waals surface area contributed by atoms with Gasteiger partial charge in [-0.25, -0.2) is 4.98 Å². The number of anilines is 4. The van der Waals surface area contributed by atoms with Gasteiger partial charge in [0.15, 0.2) is 0 Å². The van der Waals surface area contributed by atoms with Crippen LogP contribution >= 0.6 is 0 Å². The van der Waals surface area contributed by atoms with E-state index in [1.54, 1.807) is 0 Å². The zero-order chi connectivity index (χ0) is 44.1. The van der Waals surface area contributed by atoms with Crippen LogP contribution in [0.1, 0.15) is 63.8 Å². The Morgan fingerprint density at radius 2 is 1.15 bits per heavy atom. The molecule has 0 spiro atoms. The average molecular weight is 1030 g/mol. The second kappa shape index (κ2) is 15.8. The number of ether oxygens (including phenoxy) is 1. The molecule has 326 valence electrons. The van der Waals surface area contributed by atoms with E-state index < -0.39 is 0 Å². The summed E-state index contributed by atoms with van der Waals surface area (Å²) in [6.07, 6.45) is 1.92. The van der Waals surface area contributed by atoms with E-state index in [0.717, 1.165) is 55.9 Å². The van der Waals surface area contributed by atoms with E-state index in [9.17, 15) is 0 Å². The summed E-state index contributed by atoms with van der Waals surface area (Å²) < 4.78 is 11.4. The molecule has 65 heavy (non-hydrogen) atoms. The molecule has 0 N–H and O–H groups in total. The van der Waals surface area contributed by atoms with E-state index in [1.165, 1.54) is 44.2 Å². The Morgan fingerprint density at radius 3 is 1.88 bits per heavy atom. The predicted octanol–water partition coefficient (Wildman–Crippen LogP) is 15.3. The van der Waals surface area contributed by atoms with E-state index in [4.69, 9.17) is 9.72 Å². The van der Waals surface area contributed by atoms with Crippen LogP contribution in [0, 0.1) is 32.6 Å². The van der Waals surface area contributed by atoms with Crippen LogP contribution in [0.15, 0.2) is 152 Å². The van der Waals surface area contributed by atoms with Crippen molar-refractivity contribution in [3.8, 4) is 23.0 Å². The normalized spacial score (nSPS) is 13.0. The minimum absolute atomic E-state index is 0. The standard InChI is InChI=1S/C58H50N5O.Pt/c1-37-29-40(58(6,7)8)30-38(2)56(37)61-36-60(50-23-14-15-24-51(50)61)42-19-16-20-43(32-42)64-44-25-26-46-48-34-53-47(45-21-12-13-22-49(45)62(53)41-17-10-9-11-18-41)35-54(48)63(52(46)33-44)55-31-39(27-28-59-55)57(3,4)5;/h9-31,34-36H,1-8H3;/q-3;. The van der Waals surface area contributed by atoms with Crippen molar-refractivity contribution in [2.45, 2.75) is 66.2 Å². The smallest absolute Gasteiger partial charge is 0.135 e. The summed E-state index contributed by atoms with van der Waals surface area (Å²) in [5.41, 5.74) is 14.7. The summed E-state index contributed by atoms with van der Waals surface area (Å²) in [7, 11) is 0. The summed E-state index contributed by atoms with van der Waals surface area (Å²) in [5.74, 6) is 2.04. The Hall–Kier alpha value is -6.62. The zero-order valence-electron chi connectivity index (χ0n) is 38.0. The molecule has 11 rings (SSSR count).